The molecule has 0 aliphatic carbocycles. The van der Waals surface area contributed by atoms with Crippen molar-refractivity contribution in [2.45, 2.75) is 12.8 Å². The van der Waals surface area contributed by atoms with Gasteiger partial charge in [0.05, 0.1) is 13.7 Å². The topological polar surface area (TPSA) is 74.4 Å². The summed E-state index contributed by atoms with van der Waals surface area (Å²) in [7, 11) is 1.64. The van der Waals surface area contributed by atoms with Crippen LogP contribution in [0.15, 0.2) is 36.5 Å². The average molecular weight is 298 g/mol. The number of pyridine rings is 1. The van der Waals surface area contributed by atoms with Gasteiger partial charge in [0.25, 0.3) is 0 Å². The Kier molecular flexibility index (Phi) is 3.96. The van der Waals surface area contributed by atoms with E-state index in [-0.39, 0.29) is 0 Å². The average Bonchev–Trinajstić information content (AvgIpc) is 2.54. The predicted molar refractivity (Wildman–Crippen MR) is 82.1 cm³/mol. The molecule has 1 aliphatic heterocycles. The molecule has 5 heteroatoms. The van der Waals surface area contributed by atoms with Gasteiger partial charge in [-0.1, -0.05) is 6.07 Å². The van der Waals surface area contributed by atoms with Gasteiger partial charge in [0.15, 0.2) is 0 Å². The lowest BCUT2D eigenvalue weighted by Crippen LogP contribution is -2.23. The van der Waals surface area contributed by atoms with Crippen molar-refractivity contribution in [3.05, 3.63) is 53.3 Å². The summed E-state index contributed by atoms with van der Waals surface area (Å²) in [4.78, 5) is 15.5. The highest BCUT2D eigenvalue weighted by atomic mass is 16.5. The van der Waals surface area contributed by atoms with Crippen LogP contribution in [0.4, 0.5) is 0 Å². The first-order valence-electron chi connectivity index (χ1n) is 7.20. The Balaban J connectivity index is 1.72. The Morgan fingerprint density at radius 1 is 1.41 bits per heavy atom. The zero-order valence-electron chi connectivity index (χ0n) is 12.4. The first-order valence-corrected chi connectivity index (χ1v) is 7.20. The standard InChI is InChI=1S/C17H18N2O3/c1-21-15-3-2-12-6-11(10-22-16(12)9-15)7-14-8-13(17(18)20)4-5-19-14/h2-5,8-9,11H,6-7,10H2,1H3,(H2,18,20)/t11-/m0/s1. The van der Waals surface area contributed by atoms with E-state index < -0.39 is 5.91 Å². The number of ether oxygens (including phenoxy) is 2. The van der Waals surface area contributed by atoms with Gasteiger partial charge in [0, 0.05) is 29.4 Å². The summed E-state index contributed by atoms with van der Waals surface area (Å²) in [5.41, 5.74) is 7.83. The lowest BCUT2D eigenvalue weighted by atomic mass is 9.92. The number of benzene rings is 1. The third kappa shape index (κ3) is 3.03. The second-order valence-corrected chi connectivity index (χ2v) is 5.46. The molecule has 0 saturated carbocycles. The maximum absolute atomic E-state index is 11.2. The summed E-state index contributed by atoms with van der Waals surface area (Å²) < 4.78 is 11.0. The lowest BCUT2D eigenvalue weighted by molar-refractivity contribution is 0.1000. The third-order valence-corrected chi connectivity index (χ3v) is 3.86. The van der Waals surface area contributed by atoms with Crippen molar-refractivity contribution in [1.82, 2.24) is 4.98 Å². The van der Waals surface area contributed by atoms with E-state index in [1.807, 2.05) is 18.2 Å². The van der Waals surface area contributed by atoms with Crippen LogP contribution >= 0.6 is 0 Å². The lowest BCUT2D eigenvalue weighted by Gasteiger charge is -2.25. The number of hydrogen-bond acceptors (Lipinski definition) is 4. The second kappa shape index (κ2) is 6.05. The van der Waals surface area contributed by atoms with Crippen molar-refractivity contribution >= 4 is 5.91 Å². The van der Waals surface area contributed by atoms with E-state index in [0.717, 1.165) is 30.0 Å². The van der Waals surface area contributed by atoms with Gasteiger partial charge in [-0.3, -0.25) is 9.78 Å². The molecule has 0 saturated heterocycles. The third-order valence-electron chi connectivity index (χ3n) is 3.86. The highest BCUT2D eigenvalue weighted by Gasteiger charge is 2.21. The quantitative estimate of drug-likeness (QED) is 0.936. The van der Waals surface area contributed by atoms with Gasteiger partial charge in [0.1, 0.15) is 11.5 Å². The van der Waals surface area contributed by atoms with Crippen molar-refractivity contribution in [3.8, 4) is 11.5 Å². The molecule has 2 N–H and O–H groups in total. The molecule has 1 amide bonds. The predicted octanol–water partition coefficient (Wildman–Crippen LogP) is 1.98. The van der Waals surface area contributed by atoms with Crippen LogP contribution in [0.2, 0.25) is 0 Å². The molecule has 1 aromatic heterocycles. The second-order valence-electron chi connectivity index (χ2n) is 5.46. The highest BCUT2D eigenvalue weighted by Crippen LogP contribution is 2.31. The van der Waals surface area contributed by atoms with Crippen molar-refractivity contribution in [1.29, 1.82) is 0 Å². The van der Waals surface area contributed by atoms with E-state index in [1.165, 1.54) is 5.56 Å². The molecule has 114 valence electrons. The van der Waals surface area contributed by atoms with Crippen LogP contribution < -0.4 is 15.2 Å². The number of aromatic nitrogens is 1. The Morgan fingerprint density at radius 3 is 3.05 bits per heavy atom. The van der Waals surface area contributed by atoms with Crippen LogP contribution in [0.25, 0.3) is 0 Å². The van der Waals surface area contributed by atoms with Crippen molar-refractivity contribution in [2.75, 3.05) is 13.7 Å². The number of hydrogen-bond donors (Lipinski definition) is 1. The summed E-state index contributed by atoms with van der Waals surface area (Å²) >= 11 is 0. The first kappa shape index (κ1) is 14.4. The maximum Gasteiger partial charge on any atom is 0.248 e. The minimum absolute atomic E-state index is 0.330. The van der Waals surface area contributed by atoms with Crippen molar-refractivity contribution < 1.29 is 14.3 Å². The van der Waals surface area contributed by atoms with Gasteiger partial charge in [-0.05, 0) is 36.6 Å². The number of methoxy groups -OCH3 is 1. The van der Waals surface area contributed by atoms with E-state index in [4.69, 9.17) is 15.2 Å². The molecule has 22 heavy (non-hydrogen) atoms. The number of carbonyl (C=O) groups is 1. The molecule has 0 unspecified atom stereocenters. The Labute approximate surface area is 129 Å². The zero-order valence-corrected chi connectivity index (χ0v) is 12.4. The molecule has 1 atom stereocenters. The number of nitrogens with two attached hydrogens (primary N) is 1. The molecule has 0 radical (unpaired) electrons. The highest BCUT2D eigenvalue weighted by molar-refractivity contribution is 5.92. The van der Waals surface area contributed by atoms with E-state index in [0.29, 0.717) is 18.1 Å². The molecule has 0 bridgehead atoms. The van der Waals surface area contributed by atoms with Gasteiger partial charge in [0.2, 0.25) is 5.91 Å². The fourth-order valence-electron chi connectivity index (χ4n) is 2.71. The summed E-state index contributed by atoms with van der Waals surface area (Å²) in [5, 5.41) is 0. The summed E-state index contributed by atoms with van der Waals surface area (Å²) in [6.45, 7) is 0.628. The molecule has 0 fully saturated rings. The van der Waals surface area contributed by atoms with Crippen LogP contribution in [0, 0.1) is 5.92 Å². The number of fused-ring (bicyclic) bond motifs is 1. The first-order chi connectivity index (χ1) is 10.7. The number of carbonyl (C=O) groups excluding carboxylic acids is 1. The SMILES string of the molecule is COc1ccc2c(c1)OC[C@H](Cc1cc(C(N)=O)ccn1)C2. The molecule has 5 nitrogen and oxygen atoms in total. The van der Waals surface area contributed by atoms with E-state index >= 15 is 0 Å². The Hall–Kier alpha value is -2.56. The molecule has 1 aliphatic rings. The minimum Gasteiger partial charge on any atom is -0.497 e. The van der Waals surface area contributed by atoms with Crippen molar-refractivity contribution in [3.63, 3.8) is 0 Å². The van der Waals surface area contributed by atoms with Crippen LogP contribution in [0.3, 0.4) is 0 Å². The molecular formula is C17H18N2O3. The zero-order chi connectivity index (χ0) is 15.5. The Morgan fingerprint density at radius 2 is 2.27 bits per heavy atom. The van der Waals surface area contributed by atoms with Crippen LogP contribution in [-0.2, 0) is 12.8 Å². The fraction of sp³-hybridized carbons (Fsp3) is 0.294. The molecule has 1 aromatic carbocycles. The van der Waals surface area contributed by atoms with Crippen molar-refractivity contribution in [2.24, 2.45) is 11.7 Å². The monoisotopic (exact) mass is 298 g/mol. The number of amides is 1. The van der Waals surface area contributed by atoms with Gasteiger partial charge in [-0.2, -0.15) is 0 Å². The smallest absolute Gasteiger partial charge is 0.248 e. The number of nitrogens with zero attached hydrogens (tertiary/aromatic N) is 1. The normalized spacial score (nSPS) is 16.5. The summed E-state index contributed by atoms with van der Waals surface area (Å²) in [6, 6.07) is 9.28. The molecule has 2 heterocycles. The minimum atomic E-state index is -0.430. The number of rotatable bonds is 4. The van der Waals surface area contributed by atoms with Gasteiger partial charge in [-0.15, -0.1) is 0 Å². The molecular weight excluding hydrogens is 280 g/mol. The summed E-state index contributed by atoms with van der Waals surface area (Å²) in [6.07, 6.45) is 3.30. The maximum atomic E-state index is 11.2. The molecule has 0 spiro atoms. The van der Waals surface area contributed by atoms with E-state index in [2.05, 4.69) is 4.98 Å². The van der Waals surface area contributed by atoms with Crippen LogP contribution in [0.5, 0.6) is 11.5 Å². The molecule has 3 rings (SSSR count). The van der Waals surface area contributed by atoms with E-state index in [9.17, 15) is 4.79 Å². The van der Waals surface area contributed by atoms with Crippen LogP contribution in [0.1, 0.15) is 21.6 Å². The van der Waals surface area contributed by atoms with Gasteiger partial charge < -0.3 is 15.2 Å². The largest absolute Gasteiger partial charge is 0.497 e. The Bertz CT molecular complexity index is 700. The van der Waals surface area contributed by atoms with Gasteiger partial charge in [-0.25, -0.2) is 0 Å². The van der Waals surface area contributed by atoms with Gasteiger partial charge >= 0.3 is 0 Å². The molecule has 2 aromatic rings. The summed E-state index contributed by atoms with van der Waals surface area (Å²) in [5.74, 6) is 1.58. The van der Waals surface area contributed by atoms with Crippen LogP contribution in [-0.4, -0.2) is 24.6 Å². The fourth-order valence-corrected chi connectivity index (χ4v) is 2.71. The number of primary amides is 1. The van der Waals surface area contributed by atoms with E-state index in [1.54, 1.807) is 25.4 Å².